The van der Waals surface area contributed by atoms with E-state index < -0.39 is 11.9 Å². The van der Waals surface area contributed by atoms with Crippen LogP contribution in [-0.2, 0) is 9.59 Å². The summed E-state index contributed by atoms with van der Waals surface area (Å²) in [5, 5.41) is 10.7. The molecule has 0 radical (unpaired) electrons. The molecule has 90 valence electrons. The minimum Gasteiger partial charge on any atom is -0.540 e. The van der Waals surface area contributed by atoms with Gasteiger partial charge in [0, 0.05) is 12.6 Å². The number of carbonyl (C=O) groups is 2. The molecule has 2 rings (SSSR count). The van der Waals surface area contributed by atoms with Crippen molar-refractivity contribution in [2.75, 3.05) is 6.54 Å². The molecule has 0 aromatic rings. The first-order valence-electron chi connectivity index (χ1n) is 6.22. The van der Waals surface area contributed by atoms with Gasteiger partial charge >= 0.3 is 18.9 Å². The zero-order valence-electron chi connectivity index (χ0n) is 10.5. The molecule has 1 aliphatic heterocycles. The van der Waals surface area contributed by atoms with Gasteiger partial charge < -0.3 is 14.8 Å². The quantitative estimate of drug-likeness (QED) is 0.365. The number of piperidine rings is 1. The van der Waals surface area contributed by atoms with Crippen LogP contribution in [0.3, 0.4) is 0 Å². The molecule has 1 amide bonds. The second-order valence-electron chi connectivity index (χ2n) is 4.89. The molecule has 0 bridgehead atoms. The molecule has 1 saturated carbocycles. The molecule has 0 spiro atoms. The van der Waals surface area contributed by atoms with E-state index in [0.29, 0.717) is 12.5 Å². The number of nitrogens with zero attached hydrogens (tertiary/aromatic N) is 1. The van der Waals surface area contributed by atoms with Crippen LogP contribution in [0.15, 0.2) is 0 Å². The summed E-state index contributed by atoms with van der Waals surface area (Å²) < 4.78 is 0. The number of carboxylic acids is 1. The Kier molecular flexibility index (Phi) is 5.55. The van der Waals surface area contributed by atoms with Gasteiger partial charge in [-0.1, -0.05) is 12.8 Å². The maximum atomic E-state index is 11.5. The summed E-state index contributed by atoms with van der Waals surface area (Å²) in [7, 11) is 0. The molecular formula is C12H18LiNO3. The van der Waals surface area contributed by atoms with E-state index in [9.17, 15) is 14.7 Å². The normalized spacial score (nSPS) is 25.4. The first-order chi connectivity index (χ1) is 7.70. The van der Waals surface area contributed by atoms with Crippen molar-refractivity contribution >= 4 is 11.9 Å². The van der Waals surface area contributed by atoms with Gasteiger partial charge in [-0.05, 0) is 38.0 Å². The van der Waals surface area contributed by atoms with Gasteiger partial charge in [0.15, 0.2) is 0 Å². The number of hydrogen-bond donors (Lipinski definition) is 0. The fourth-order valence-corrected chi connectivity index (χ4v) is 3.16. The Bertz CT molecular complexity index is 289. The molecule has 4 nitrogen and oxygen atoms in total. The molecule has 1 heterocycles. The number of hydrogen-bond acceptors (Lipinski definition) is 3. The second-order valence-corrected chi connectivity index (χ2v) is 4.89. The van der Waals surface area contributed by atoms with Crippen molar-refractivity contribution in [3.8, 4) is 0 Å². The zero-order valence-corrected chi connectivity index (χ0v) is 10.5. The summed E-state index contributed by atoms with van der Waals surface area (Å²) in [5.74, 6) is -1.84. The number of carboxylic acid groups (broad SMARTS) is 1. The van der Waals surface area contributed by atoms with Gasteiger partial charge in [0.1, 0.15) is 5.97 Å². The topological polar surface area (TPSA) is 60.4 Å². The molecule has 17 heavy (non-hydrogen) atoms. The third-order valence-corrected chi connectivity index (χ3v) is 3.93. The Morgan fingerprint density at radius 3 is 2.18 bits per heavy atom. The Hall–Kier alpha value is -0.463. The number of rotatable bonds is 1. The number of carbonyl (C=O) groups excluding carboxylic acids is 2. The predicted molar refractivity (Wildman–Crippen MR) is 56.3 cm³/mol. The summed E-state index contributed by atoms with van der Waals surface area (Å²) in [4.78, 5) is 23.7. The molecule has 1 saturated heterocycles. The van der Waals surface area contributed by atoms with Crippen LogP contribution in [0.25, 0.3) is 0 Å². The van der Waals surface area contributed by atoms with E-state index >= 15 is 0 Å². The SMILES string of the molecule is O=C([O-])C(=O)N1CCCCC1C1CCCC1.[Li+]. The maximum absolute atomic E-state index is 11.5. The third-order valence-electron chi connectivity index (χ3n) is 3.93. The van der Waals surface area contributed by atoms with E-state index in [1.165, 1.54) is 12.8 Å². The average Bonchev–Trinajstić information content (AvgIpc) is 2.81. The number of amides is 1. The summed E-state index contributed by atoms with van der Waals surface area (Å²) in [6, 6.07) is 0.154. The summed E-state index contributed by atoms with van der Waals surface area (Å²) in [6.07, 6.45) is 7.70. The molecule has 1 aliphatic carbocycles. The van der Waals surface area contributed by atoms with Gasteiger partial charge in [-0.2, -0.15) is 0 Å². The monoisotopic (exact) mass is 231 g/mol. The Morgan fingerprint density at radius 2 is 1.59 bits per heavy atom. The van der Waals surface area contributed by atoms with Gasteiger partial charge in [-0.25, -0.2) is 0 Å². The molecule has 2 aliphatic rings. The first-order valence-corrected chi connectivity index (χ1v) is 6.22. The van der Waals surface area contributed by atoms with E-state index in [-0.39, 0.29) is 24.9 Å². The van der Waals surface area contributed by atoms with Crippen LogP contribution in [0.5, 0.6) is 0 Å². The smallest absolute Gasteiger partial charge is 0.540 e. The first kappa shape index (κ1) is 14.6. The van der Waals surface area contributed by atoms with Crippen molar-refractivity contribution in [2.45, 2.75) is 51.0 Å². The van der Waals surface area contributed by atoms with E-state index in [1.807, 2.05) is 0 Å². The molecule has 0 aromatic heterocycles. The van der Waals surface area contributed by atoms with Crippen LogP contribution in [0.4, 0.5) is 0 Å². The van der Waals surface area contributed by atoms with Gasteiger partial charge in [-0.3, -0.25) is 4.79 Å². The second kappa shape index (κ2) is 6.46. The van der Waals surface area contributed by atoms with Crippen molar-refractivity contribution in [2.24, 2.45) is 5.92 Å². The van der Waals surface area contributed by atoms with Crippen LogP contribution >= 0.6 is 0 Å². The predicted octanol–water partition coefficient (Wildman–Crippen LogP) is -2.69. The van der Waals surface area contributed by atoms with E-state index in [0.717, 1.165) is 32.1 Å². The third kappa shape index (κ3) is 3.26. The van der Waals surface area contributed by atoms with Gasteiger partial charge in [-0.15, -0.1) is 0 Å². The minimum atomic E-state index is -1.55. The average molecular weight is 231 g/mol. The number of aliphatic carboxylic acids is 1. The molecule has 0 N–H and O–H groups in total. The van der Waals surface area contributed by atoms with E-state index in [4.69, 9.17) is 0 Å². The molecule has 2 fully saturated rings. The van der Waals surface area contributed by atoms with Crippen molar-refractivity contribution in [1.29, 1.82) is 0 Å². The van der Waals surface area contributed by atoms with Crippen molar-refractivity contribution < 1.29 is 33.6 Å². The molecule has 1 atom stereocenters. The number of likely N-dealkylation sites (tertiary alicyclic amines) is 1. The minimum absolute atomic E-state index is 0. The zero-order chi connectivity index (χ0) is 11.5. The van der Waals surface area contributed by atoms with E-state index in [2.05, 4.69) is 0 Å². The summed E-state index contributed by atoms with van der Waals surface area (Å²) in [5.41, 5.74) is 0. The van der Waals surface area contributed by atoms with Crippen LogP contribution in [0.1, 0.15) is 44.9 Å². The maximum Gasteiger partial charge on any atom is 1.00 e. The van der Waals surface area contributed by atoms with Crippen molar-refractivity contribution in [3.63, 3.8) is 0 Å². The standard InChI is InChI=1S/C12H19NO3.Li/c14-11(12(15)16)13-8-4-3-7-10(13)9-5-1-2-6-9;/h9-10H,1-8H2,(H,15,16);/q;+1/p-1. The van der Waals surface area contributed by atoms with Crippen LogP contribution in [0, 0.1) is 5.92 Å². The largest absolute Gasteiger partial charge is 1.00 e. The van der Waals surface area contributed by atoms with Gasteiger partial charge in [0.05, 0.1) is 0 Å². The summed E-state index contributed by atoms with van der Waals surface area (Å²) in [6.45, 7) is 0.591. The summed E-state index contributed by atoms with van der Waals surface area (Å²) >= 11 is 0. The van der Waals surface area contributed by atoms with Gasteiger partial charge in [0.25, 0.3) is 5.91 Å². The van der Waals surface area contributed by atoms with Crippen LogP contribution in [0.2, 0.25) is 0 Å². The molecule has 5 heteroatoms. The fourth-order valence-electron chi connectivity index (χ4n) is 3.16. The molecule has 0 aromatic carbocycles. The van der Waals surface area contributed by atoms with Crippen molar-refractivity contribution in [3.05, 3.63) is 0 Å². The Morgan fingerprint density at radius 1 is 1.00 bits per heavy atom. The van der Waals surface area contributed by atoms with Gasteiger partial charge in [0.2, 0.25) is 0 Å². The fraction of sp³-hybridized carbons (Fsp3) is 0.833. The Balaban J connectivity index is 0.00000144. The Labute approximate surface area is 114 Å². The van der Waals surface area contributed by atoms with Crippen LogP contribution in [-0.4, -0.2) is 29.4 Å². The van der Waals surface area contributed by atoms with Crippen LogP contribution < -0.4 is 24.0 Å². The van der Waals surface area contributed by atoms with Crippen molar-refractivity contribution in [1.82, 2.24) is 4.90 Å². The molecule has 1 unspecified atom stereocenters. The molecular weight excluding hydrogens is 213 g/mol. The van der Waals surface area contributed by atoms with E-state index in [1.54, 1.807) is 4.90 Å².